The van der Waals surface area contributed by atoms with Gasteiger partial charge in [-0.05, 0) is 6.92 Å². The SMILES string of the molecule is Cc1cc(OCC2CNCCO2)n2ncnc2n1. The van der Waals surface area contributed by atoms with Crippen LogP contribution in [0.2, 0.25) is 0 Å². The molecule has 18 heavy (non-hydrogen) atoms. The molecule has 0 aromatic carbocycles. The van der Waals surface area contributed by atoms with E-state index >= 15 is 0 Å². The lowest BCUT2D eigenvalue weighted by molar-refractivity contribution is -0.00124. The molecule has 0 amide bonds. The summed E-state index contributed by atoms with van der Waals surface area (Å²) >= 11 is 0. The van der Waals surface area contributed by atoms with Crippen LogP contribution in [-0.4, -0.2) is 52.0 Å². The van der Waals surface area contributed by atoms with Crippen LogP contribution in [0.5, 0.6) is 5.88 Å². The number of hydrogen-bond acceptors (Lipinski definition) is 6. The van der Waals surface area contributed by atoms with E-state index in [0.717, 1.165) is 25.4 Å². The number of aromatic nitrogens is 4. The Bertz CT molecular complexity index is 535. The topological polar surface area (TPSA) is 73.6 Å². The standard InChI is InChI=1S/C11H15N5O2/c1-8-4-10(16-11(15-8)13-7-14-16)18-6-9-5-12-2-3-17-9/h4,7,9,12H,2-3,5-6H2,1H3. The summed E-state index contributed by atoms with van der Waals surface area (Å²) in [4.78, 5) is 8.31. The number of morpholine rings is 1. The van der Waals surface area contributed by atoms with Gasteiger partial charge in [0.05, 0.1) is 6.61 Å². The van der Waals surface area contributed by atoms with E-state index < -0.39 is 0 Å². The molecule has 1 atom stereocenters. The molecule has 3 heterocycles. The average Bonchev–Trinajstić information content (AvgIpc) is 2.85. The number of fused-ring (bicyclic) bond motifs is 1. The third-order valence-corrected chi connectivity index (χ3v) is 2.77. The number of nitrogens with zero attached hydrogens (tertiary/aromatic N) is 4. The predicted molar refractivity (Wildman–Crippen MR) is 63.6 cm³/mol. The van der Waals surface area contributed by atoms with Gasteiger partial charge in [-0.2, -0.15) is 14.6 Å². The first-order valence-corrected chi connectivity index (χ1v) is 5.95. The van der Waals surface area contributed by atoms with Gasteiger partial charge in [0, 0.05) is 24.8 Å². The van der Waals surface area contributed by atoms with E-state index in [1.54, 1.807) is 4.52 Å². The van der Waals surface area contributed by atoms with E-state index in [9.17, 15) is 0 Å². The maximum atomic E-state index is 5.75. The highest BCUT2D eigenvalue weighted by Crippen LogP contribution is 2.13. The van der Waals surface area contributed by atoms with Crippen molar-refractivity contribution in [3.05, 3.63) is 18.1 Å². The smallest absolute Gasteiger partial charge is 0.255 e. The molecule has 2 aromatic heterocycles. The Morgan fingerprint density at radius 3 is 3.39 bits per heavy atom. The molecule has 0 saturated carbocycles. The molecule has 7 nitrogen and oxygen atoms in total. The lowest BCUT2D eigenvalue weighted by atomic mass is 10.3. The molecule has 96 valence electrons. The van der Waals surface area contributed by atoms with E-state index in [0.29, 0.717) is 18.3 Å². The summed E-state index contributed by atoms with van der Waals surface area (Å²) in [6, 6.07) is 1.85. The zero-order valence-corrected chi connectivity index (χ0v) is 10.2. The number of rotatable bonds is 3. The number of ether oxygens (including phenoxy) is 2. The van der Waals surface area contributed by atoms with Crippen molar-refractivity contribution in [2.45, 2.75) is 13.0 Å². The molecular formula is C11H15N5O2. The van der Waals surface area contributed by atoms with Crippen LogP contribution in [-0.2, 0) is 4.74 Å². The molecule has 1 saturated heterocycles. The minimum Gasteiger partial charge on any atom is -0.475 e. The molecule has 2 aromatic rings. The van der Waals surface area contributed by atoms with Gasteiger partial charge >= 0.3 is 0 Å². The Balaban J connectivity index is 1.75. The van der Waals surface area contributed by atoms with Gasteiger partial charge in [-0.1, -0.05) is 0 Å². The van der Waals surface area contributed by atoms with Crippen molar-refractivity contribution in [2.75, 3.05) is 26.3 Å². The second-order valence-corrected chi connectivity index (χ2v) is 4.22. The Hall–Kier alpha value is -1.73. The van der Waals surface area contributed by atoms with E-state index in [2.05, 4.69) is 20.4 Å². The fraction of sp³-hybridized carbons (Fsp3) is 0.545. The van der Waals surface area contributed by atoms with Crippen molar-refractivity contribution >= 4 is 5.78 Å². The summed E-state index contributed by atoms with van der Waals surface area (Å²) in [6.07, 6.45) is 1.54. The van der Waals surface area contributed by atoms with Crippen LogP contribution < -0.4 is 10.1 Å². The first kappa shape index (κ1) is 11.4. The monoisotopic (exact) mass is 249 g/mol. The molecule has 1 fully saturated rings. The van der Waals surface area contributed by atoms with Crippen molar-refractivity contribution < 1.29 is 9.47 Å². The van der Waals surface area contributed by atoms with Crippen LogP contribution in [0, 0.1) is 6.92 Å². The Morgan fingerprint density at radius 1 is 1.61 bits per heavy atom. The largest absolute Gasteiger partial charge is 0.475 e. The minimum atomic E-state index is 0.0748. The molecule has 1 aliphatic rings. The third kappa shape index (κ3) is 2.27. The van der Waals surface area contributed by atoms with Crippen molar-refractivity contribution in [1.29, 1.82) is 0 Å². The number of nitrogens with one attached hydrogen (secondary N) is 1. The zero-order chi connectivity index (χ0) is 12.4. The van der Waals surface area contributed by atoms with Crippen molar-refractivity contribution in [1.82, 2.24) is 24.9 Å². The second-order valence-electron chi connectivity index (χ2n) is 4.22. The van der Waals surface area contributed by atoms with Crippen LogP contribution in [0.3, 0.4) is 0 Å². The van der Waals surface area contributed by atoms with Gasteiger partial charge in [-0.15, -0.1) is 0 Å². The fourth-order valence-corrected chi connectivity index (χ4v) is 1.90. The van der Waals surface area contributed by atoms with Crippen LogP contribution in [0.1, 0.15) is 5.69 Å². The van der Waals surface area contributed by atoms with Gasteiger partial charge in [0.15, 0.2) is 0 Å². The fourth-order valence-electron chi connectivity index (χ4n) is 1.90. The second kappa shape index (κ2) is 4.87. The summed E-state index contributed by atoms with van der Waals surface area (Å²) < 4.78 is 12.9. The van der Waals surface area contributed by atoms with Crippen LogP contribution >= 0.6 is 0 Å². The zero-order valence-electron chi connectivity index (χ0n) is 10.2. The molecule has 0 bridgehead atoms. The van der Waals surface area contributed by atoms with Gasteiger partial charge < -0.3 is 14.8 Å². The molecule has 7 heteroatoms. The highest BCUT2D eigenvalue weighted by atomic mass is 16.5. The quantitative estimate of drug-likeness (QED) is 0.812. The summed E-state index contributed by atoms with van der Waals surface area (Å²) in [5, 5.41) is 7.35. The first-order chi connectivity index (χ1) is 8.83. The highest BCUT2D eigenvalue weighted by Gasteiger charge is 2.15. The van der Waals surface area contributed by atoms with Crippen molar-refractivity contribution in [3.63, 3.8) is 0 Å². The van der Waals surface area contributed by atoms with E-state index in [1.807, 2.05) is 13.0 Å². The summed E-state index contributed by atoms with van der Waals surface area (Å²) in [5.74, 6) is 1.19. The van der Waals surface area contributed by atoms with Crippen molar-refractivity contribution in [3.8, 4) is 5.88 Å². The normalized spacial score (nSPS) is 20.2. The van der Waals surface area contributed by atoms with E-state index in [4.69, 9.17) is 9.47 Å². The molecule has 0 radical (unpaired) electrons. The van der Waals surface area contributed by atoms with Crippen LogP contribution in [0.15, 0.2) is 12.4 Å². The van der Waals surface area contributed by atoms with Gasteiger partial charge in [0.1, 0.15) is 19.0 Å². The molecule has 3 rings (SSSR count). The maximum absolute atomic E-state index is 5.75. The van der Waals surface area contributed by atoms with Crippen LogP contribution in [0.4, 0.5) is 0 Å². The lowest BCUT2D eigenvalue weighted by Gasteiger charge is -2.23. The Labute approximate surface area is 104 Å². The third-order valence-electron chi connectivity index (χ3n) is 2.77. The first-order valence-electron chi connectivity index (χ1n) is 5.95. The lowest BCUT2D eigenvalue weighted by Crippen LogP contribution is -2.41. The molecule has 1 unspecified atom stereocenters. The number of aryl methyl sites for hydroxylation is 1. The predicted octanol–water partition coefficient (Wildman–Crippen LogP) is -0.200. The molecule has 1 N–H and O–H groups in total. The number of hydrogen-bond donors (Lipinski definition) is 1. The van der Waals surface area contributed by atoms with Crippen molar-refractivity contribution in [2.24, 2.45) is 0 Å². The Kier molecular flexibility index (Phi) is 3.07. The minimum absolute atomic E-state index is 0.0748. The summed E-state index contributed by atoms with van der Waals surface area (Å²) in [5.41, 5.74) is 0.855. The summed E-state index contributed by atoms with van der Waals surface area (Å²) in [6.45, 7) is 4.83. The molecular weight excluding hydrogens is 234 g/mol. The van der Waals surface area contributed by atoms with Crippen LogP contribution in [0.25, 0.3) is 5.78 Å². The molecule has 1 aliphatic heterocycles. The average molecular weight is 249 g/mol. The maximum Gasteiger partial charge on any atom is 0.255 e. The van der Waals surface area contributed by atoms with E-state index in [1.165, 1.54) is 6.33 Å². The summed E-state index contributed by atoms with van der Waals surface area (Å²) in [7, 11) is 0. The van der Waals surface area contributed by atoms with Gasteiger partial charge in [-0.3, -0.25) is 0 Å². The highest BCUT2D eigenvalue weighted by molar-refractivity contribution is 5.32. The van der Waals surface area contributed by atoms with Gasteiger partial charge in [0.2, 0.25) is 5.88 Å². The van der Waals surface area contributed by atoms with E-state index in [-0.39, 0.29) is 6.10 Å². The molecule has 0 spiro atoms. The van der Waals surface area contributed by atoms with Gasteiger partial charge in [-0.25, -0.2) is 4.98 Å². The van der Waals surface area contributed by atoms with Gasteiger partial charge in [0.25, 0.3) is 5.78 Å². The molecule has 0 aliphatic carbocycles. The Morgan fingerprint density at radius 2 is 2.56 bits per heavy atom.